The van der Waals surface area contributed by atoms with Gasteiger partial charge in [-0.3, -0.25) is 5.32 Å². The molecule has 0 atom stereocenters. The van der Waals surface area contributed by atoms with Crippen molar-refractivity contribution < 1.29 is 14.6 Å². The van der Waals surface area contributed by atoms with Crippen molar-refractivity contribution in [1.82, 2.24) is 0 Å². The van der Waals surface area contributed by atoms with E-state index in [2.05, 4.69) is 41.8 Å². The summed E-state index contributed by atoms with van der Waals surface area (Å²) >= 11 is 0. The molecule has 0 saturated carbocycles. The van der Waals surface area contributed by atoms with Crippen molar-refractivity contribution in [1.29, 1.82) is 0 Å². The number of benzene rings is 2. The molecule has 3 N–H and O–H groups in total. The zero-order valence-electron chi connectivity index (χ0n) is 12.7. The number of para-hydroxylation sites is 1. The first-order valence-corrected chi connectivity index (χ1v) is 7.12. The Balaban J connectivity index is 2.17. The third-order valence-corrected chi connectivity index (χ3v) is 3.39. The van der Waals surface area contributed by atoms with E-state index in [0.717, 1.165) is 12.0 Å². The van der Waals surface area contributed by atoms with E-state index >= 15 is 0 Å². The maximum absolute atomic E-state index is 10.9. The van der Waals surface area contributed by atoms with Crippen LogP contribution in [0.3, 0.4) is 0 Å². The molecule has 0 saturated heterocycles. The van der Waals surface area contributed by atoms with Gasteiger partial charge in [0, 0.05) is 6.54 Å². The molecule has 116 valence electrons. The Bertz CT molecular complexity index is 639. The lowest BCUT2D eigenvalue weighted by Crippen LogP contribution is -2.11. The largest absolute Gasteiger partial charge is 0.495 e. The smallest absolute Gasteiger partial charge is 0.409 e. The van der Waals surface area contributed by atoms with Gasteiger partial charge >= 0.3 is 6.09 Å². The van der Waals surface area contributed by atoms with Gasteiger partial charge in [-0.15, -0.1) is 0 Å². The topological polar surface area (TPSA) is 70.6 Å². The lowest BCUT2D eigenvalue weighted by molar-refractivity contribution is 0.210. The van der Waals surface area contributed by atoms with Crippen LogP contribution in [0.2, 0.25) is 0 Å². The van der Waals surface area contributed by atoms with E-state index in [-0.39, 0.29) is 0 Å². The summed E-state index contributed by atoms with van der Waals surface area (Å²) in [7, 11) is 1.56. The second-order valence-electron chi connectivity index (χ2n) is 4.84. The lowest BCUT2D eigenvalue weighted by atomic mass is 10.1. The van der Waals surface area contributed by atoms with Crippen LogP contribution in [-0.2, 0) is 13.0 Å². The van der Waals surface area contributed by atoms with Gasteiger partial charge in [0.1, 0.15) is 11.4 Å². The molecule has 0 aliphatic rings. The minimum atomic E-state index is -1.11. The second-order valence-corrected chi connectivity index (χ2v) is 4.84. The van der Waals surface area contributed by atoms with Gasteiger partial charge in [-0.05, 0) is 29.7 Å². The van der Waals surface area contributed by atoms with E-state index in [0.29, 0.717) is 23.7 Å². The predicted octanol–water partition coefficient (Wildman–Crippen LogP) is 3.96. The van der Waals surface area contributed by atoms with Crippen molar-refractivity contribution >= 4 is 17.5 Å². The van der Waals surface area contributed by atoms with Crippen LogP contribution in [-0.4, -0.2) is 18.3 Å². The SMILES string of the molecule is CCc1ccc(CNc2c(NC(=O)O)cccc2OC)cc1. The number of hydrogen-bond acceptors (Lipinski definition) is 3. The Labute approximate surface area is 129 Å². The van der Waals surface area contributed by atoms with Crippen LogP contribution in [0, 0.1) is 0 Å². The zero-order valence-corrected chi connectivity index (χ0v) is 12.7. The molecule has 2 rings (SSSR count). The summed E-state index contributed by atoms with van der Waals surface area (Å²) in [4.78, 5) is 10.9. The molecule has 0 aliphatic carbocycles. The summed E-state index contributed by atoms with van der Waals surface area (Å²) in [6.07, 6.45) is -0.101. The minimum Gasteiger partial charge on any atom is -0.495 e. The Morgan fingerprint density at radius 2 is 1.82 bits per heavy atom. The molecule has 1 amide bonds. The highest BCUT2D eigenvalue weighted by molar-refractivity contribution is 5.90. The van der Waals surface area contributed by atoms with E-state index in [1.165, 1.54) is 5.56 Å². The quantitative estimate of drug-likeness (QED) is 0.755. The predicted molar refractivity (Wildman–Crippen MR) is 87.8 cm³/mol. The van der Waals surface area contributed by atoms with Crippen molar-refractivity contribution in [3.63, 3.8) is 0 Å². The second kappa shape index (κ2) is 7.36. The maximum atomic E-state index is 10.9. The highest BCUT2D eigenvalue weighted by Crippen LogP contribution is 2.32. The molecule has 0 spiro atoms. The summed E-state index contributed by atoms with van der Waals surface area (Å²) < 4.78 is 5.30. The lowest BCUT2D eigenvalue weighted by Gasteiger charge is -2.15. The fourth-order valence-corrected chi connectivity index (χ4v) is 2.19. The standard InChI is InChI=1S/C17H20N2O3/c1-3-12-7-9-13(10-8-12)11-18-16-14(19-17(20)21)5-4-6-15(16)22-2/h4-10,18-19H,3,11H2,1-2H3,(H,20,21). The molecule has 0 heterocycles. The van der Waals surface area contributed by atoms with Gasteiger partial charge in [0.05, 0.1) is 12.8 Å². The van der Waals surface area contributed by atoms with Gasteiger partial charge in [-0.25, -0.2) is 4.79 Å². The van der Waals surface area contributed by atoms with E-state index in [1.54, 1.807) is 25.3 Å². The number of methoxy groups -OCH3 is 1. The maximum Gasteiger partial charge on any atom is 0.409 e. The molecule has 2 aromatic rings. The van der Waals surface area contributed by atoms with Gasteiger partial charge in [0.15, 0.2) is 0 Å². The Hall–Kier alpha value is -2.69. The van der Waals surface area contributed by atoms with E-state index in [4.69, 9.17) is 9.84 Å². The fraction of sp³-hybridized carbons (Fsp3) is 0.235. The van der Waals surface area contributed by atoms with Gasteiger partial charge < -0.3 is 15.2 Å². The number of anilines is 2. The summed E-state index contributed by atoms with van der Waals surface area (Å²) in [6.45, 7) is 2.70. The number of rotatable bonds is 6. The summed E-state index contributed by atoms with van der Waals surface area (Å²) in [5.41, 5.74) is 3.50. The van der Waals surface area contributed by atoms with Crippen molar-refractivity contribution in [2.24, 2.45) is 0 Å². The number of carbonyl (C=O) groups is 1. The van der Waals surface area contributed by atoms with Crippen molar-refractivity contribution in [2.75, 3.05) is 17.7 Å². The van der Waals surface area contributed by atoms with Crippen LogP contribution in [0.1, 0.15) is 18.1 Å². The Kier molecular flexibility index (Phi) is 5.25. The number of amides is 1. The van der Waals surface area contributed by atoms with Gasteiger partial charge in [-0.1, -0.05) is 37.3 Å². The molecule has 0 unspecified atom stereocenters. The molecule has 5 heteroatoms. The number of nitrogens with one attached hydrogen (secondary N) is 2. The third-order valence-electron chi connectivity index (χ3n) is 3.39. The molecule has 22 heavy (non-hydrogen) atoms. The minimum absolute atomic E-state index is 0.469. The molecular formula is C17H20N2O3. The monoisotopic (exact) mass is 300 g/mol. The van der Waals surface area contributed by atoms with Gasteiger partial charge in [0.25, 0.3) is 0 Å². The van der Waals surface area contributed by atoms with Gasteiger partial charge in [0.2, 0.25) is 0 Å². The van der Waals surface area contributed by atoms with Crippen LogP contribution in [0.5, 0.6) is 5.75 Å². The van der Waals surface area contributed by atoms with Gasteiger partial charge in [-0.2, -0.15) is 0 Å². The molecule has 0 fully saturated rings. The molecule has 0 radical (unpaired) electrons. The normalized spacial score (nSPS) is 10.1. The average molecular weight is 300 g/mol. The first-order chi connectivity index (χ1) is 10.6. The molecule has 2 aromatic carbocycles. The van der Waals surface area contributed by atoms with Crippen LogP contribution >= 0.6 is 0 Å². The average Bonchev–Trinajstić information content (AvgIpc) is 2.53. The number of aryl methyl sites for hydroxylation is 1. The highest BCUT2D eigenvalue weighted by Gasteiger charge is 2.10. The molecule has 5 nitrogen and oxygen atoms in total. The molecule has 0 aromatic heterocycles. The first kappa shape index (κ1) is 15.7. The number of hydrogen-bond donors (Lipinski definition) is 3. The first-order valence-electron chi connectivity index (χ1n) is 7.12. The molecular weight excluding hydrogens is 280 g/mol. The Morgan fingerprint density at radius 1 is 1.14 bits per heavy atom. The van der Waals surface area contributed by atoms with Crippen molar-refractivity contribution in [2.45, 2.75) is 19.9 Å². The summed E-state index contributed by atoms with van der Waals surface area (Å²) in [5.74, 6) is 0.594. The number of carboxylic acid groups (broad SMARTS) is 1. The van der Waals surface area contributed by atoms with E-state index in [9.17, 15) is 4.79 Å². The zero-order chi connectivity index (χ0) is 15.9. The Morgan fingerprint density at radius 3 is 2.41 bits per heavy atom. The van der Waals surface area contributed by atoms with E-state index in [1.807, 2.05) is 0 Å². The van der Waals surface area contributed by atoms with Crippen LogP contribution in [0.15, 0.2) is 42.5 Å². The van der Waals surface area contributed by atoms with Crippen molar-refractivity contribution in [3.8, 4) is 5.75 Å². The van der Waals surface area contributed by atoms with Crippen LogP contribution in [0.4, 0.5) is 16.2 Å². The number of ether oxygens (including phenoxy) is 1. The summed E-state index contributed by atoms with van der Waals surface area (Å²) in [5, 5.41) is 14.5. The van der Waals surface area contributed by atoms with Crippen molar-refractivity contribution in [3.05, 3.63) is 53.6 Å². The molecule has 0 aliphatic heterocycles. The highest BCUT2D eigenvalue weighted by atomic mass is 16.5. The summed E-state index contributed by atoms with van der Waals surface area (Å²) in [6, 6.07) is 13.5. The van der Waals surface area contributed by atoms with Crippen LogP contribution < -0.4 is 15.4 Å². The van der Waals surface area contributed by atoms with Crippen LogP contribution in [0.25, 0.3) is 0 Å². The van der Waals surface area contributed by atoms with E-state index < -0.39 is 6.09 Å². The molecule has 0 bridgehead atoms. The fourth-order valence-electron chi connectivity index (χ4n) is 2.19. The third kappa shape index (κ3) is 3.91.